The van der Waals surface area contributed by atoms with Crippen LogP contribution in [0.15, 0.2) is 23.6 Å². The smallest absolute Gasteiger partial charge is 0.299 e. The van der Waals surface area contributed by atoms with Gasteiger partial charge in [-0.1, -0.05) is 0 Å². The highest BCUT2D eigenvalue weighted by molar-refractivity contribution is 7.89. The van der Waals surface area contributed by atoms with Crippen LogP contribution in [-0.4, -0.2) is 50.8 Å². The van der Waals surface area contributed by atoms with Gasteiger partial charge in [-0.3, -0.25) is 4.79 Å². The Morgan fingerprint density at radius 1 is 1.13 bits per heavy atom. The lowest BCUT2D eigenvalue weighted by Gasteiger charge is -2.15. The summed E-state index contributed by atoms with van der Waals surface area (Å²) in [5, 5.41) is 5.11. The number of hydrogen-bond acceptors (Lipinski definition) is 8. The van der Waals surface area contributed by atoms with Gasteiger partial charge in [-0.05, 0) is 12.1 Å². The summed E-state index contributed by atoms with van der Waals surface area (Å²) in [6.07, 6.45) is 1.01. The number of aromatic amines is 1. The first-order chi connectivity index (χ1) is 10.9. The Hall–Kier alpha value is -2.82. The van der Waals surface area contributed by atoms with E-state index in [1.54, 1.807) is 0 Å². The number of ether oxygens (including phenoxy) is 3. The number of hydrogen-bond donors (Lipinski definition) is 2. The van der Waals surface area contributed by atoms with Gasteiger partial charge in [-0.15, -0.1) is 0 Å². The second-order valence-electron chi connectivity index (χ2n) is 4.11. The van der Waals surface area contributed by atoms with E-state index in [9.17, 15) is 13.2 Å². The van der Waals surface area contributed by atoms with E-state index >= 15 is 0 Å². The zero-order valence-electron chi connectivity index (χ0n) is 12.5. The molecule has 0 saturated carbocycles. The third-order valence-electron chi connectivity index (χ3n) is 2.82. The Balaban J connectivity index is 2.40. The molecule has 2 rings (SSSR count). The fourth-order valence-corrected chi connectivity index (χ4v) is 2.64. The summed E-state index contributed by atoms with van der Waals surface area (Å²) in [5.41, 5.74) is -0.0479. The molecule has 0 radical (unpaired) electrons. The molecule has 1 amide bonds. The lowest BCUT2D eigenvalue weighted by molar-refractivity contribution is 0.0977. The normalized spacial score (nSPS) is 10.9. The molecule has 1 heterocycles. The molecular weight excluding hydrogens is 328 g/mol. The van der Waals surface area contributed by atoms with E-state index in [-0.39, 0.29) is 17.1 Å². The van der Waals surface area contributed by atoms with Gasteiger partial charge in [0.15, 0.2) is 11.5 Å². The van der Waals surface area contributed by atoms with E-state index in [0.29, 0.717) is 5.75 Å². The molecule has 2 N–H and O–H groups in total. The van der Waals surface area contributed by atoms with Crippen LogP contribution in [0, 0.1) is 0 Å². The van der Waals surface area contributed by atoms with Crippen LogP contribution < -0.4 is 18.9 Å². The molecule has 0 saturated heterocycles. The quantitative estimate of drug-likeness (QED) is 0.746. The van der Waals surface area contributed by atoms with Gasteiger partial charge in [0.2, 0.25) is 5.75 Å². The maximum atomic E-state index is 12.3. The van der Waals surface area contributed by atoms with Gasteiger partial charge < -0.3 is 14.2 Å². The molecule has 0 unspecified atom stereocenters. The van der Waals surface area contributed by atoms with Crippen molar-refractivity contribution in [2.45, 2.75) is 5.16 Å². The van der Waals surface area contributed by atoms with Crippen LogP contribution in [0.5, 0.6) is 17.2 Å². The number of amides is 1. The van der Waals surface area contributed by atoms with E-state index in [2.05, 4.69) is 15.2 Å². The molecule has 0 spiro atoms. The van der Waals surface area contributed by atoms with Crippen molar-refractivity contribution < 1.29 is 27.4 Å². The number of carbonyl (C=O) groups excluding carboxylic acids is 1. The third kappa shape index (κ3) is 3.18. The summed E-state index contributed by atoms with van der Waals surface area (Å²) in [4.78, 5) is 15.8. The molecule has 23 heavy (non-hydrogen) atoms. The highest BCUT2D eigenvalue weighted by Gasteiger charge is 2.26. The van der Waals surface area contributed by atoms with E-state index in [1.807, 2.05) is 4.72 Å². The lowest BCUT2D eigenvalue weighted by atomic mass is 10.1. The van der Waals surface area contributed by atoms with Gasteiger partial charge in [0.05, 0.1) is 26.9 Å². The van der Waals surface area contributed by atoms with E-state index < -0.39 is 21.1 Å². The molecule has 2 aromatic rings. The van der Waals surface area contributed by atoms with Crippen LogP contribution in [0.3, 0.4) is 0 Å². The maximum absolute atomic E-state index is 12.3. The summed E-state index contributed by atoms with van der Waals surface area (Å²) < 4.78 is 41.2. The van der Waals surface area contributed by atoms with Crippen molar-refractivity contribution in [3.05, 3.63) is 24.0 Å². The molecular formula is C12H14N4O6S. The first-order valence-electron chi connectivity index (χ1n) is 6.16. The predicted octanol–water partition coefficient (Wildman–Crippen LogP) is -0.0508. The van der Waals surface area contributed by atoms with Crippen molar-refractivity contribution in [1.29, 1.82) is 0 Å². The summed E-state index contributed by atoms with van der Waals surface area (Å²) in [5.74, 6) is -0.380. The molecule has 10 nitrogen and oxygen atoms in total. The van der Waals surface area contributed by atoms with Gasteiger partial charge in [0.25, 0.3) is 21.1 Å². The van der Waals surface area contributed by atoms with Crippen LogP contribution in [0.2, 0.25) is 0 Å². The number of carbonyl (C=O) groups is 1. The lowest BCUT2D eigenvalue weighted by Crippen LogP contribution is -2.31. The highest BCUT2D eigenvalue weighted by atomic mass is 32.2. The zero-order valence-corrected chi connectivity index (χ0v) is 13.3. The van der Waals surface area contributed by atoms with Crippen LogP contribution in [0.25, 0.3) is 0 Å². The maximum Gasteiger partial charge on any atom is 0.299 e. The molecule has 1 aromatic carbocycles. The Morgan fingerprint density at radius 3 is 2.35 bits per heavy atom. The fraction of sp³-hybridized carbons (Fsp3) is 0.250. The van der Waals surface area contributed by atoms with E-state index in [4.69, 9.17) is 14.2 Å². The first kappa shape index (κ1) is 16.5. The predicted molar refractivity (Wildman–Crippen MR) is 77.1 cm³/mol. The molecule has 0 atom stereocenters. The fourth-order valence-electron chi connectivity index (χ4n) is 1.83. The standard InChI is InChI=1S/C12H14N4O6S/c1-20-8-5-4-7(9(21-2)10(8)22-3)11(17)16-23(18,19)12-13-6-14-15-12/h4-6H,1-3H3,(H,16,17)(H,13,14,15). The molecule has 0 aliphatic rings. The summed E-state index contributed by atoms with van der Waals surface area (Å²) in [6, 6.07) is 2.81. The number of rotatable bonds is 6. The topological polar surface area (TPSA) is 132 Å². The van der Waals surface area contributed by atoms with Crippen molar-refractivity contribution in [2.75, 3.05) is 21.3 Å². The van der Waals surface area contributed by atoms with Crippen LogP contribution in [0.1, 0.15) is 10.4 Å². The van der Waals surface area contributed by atoms with Gasteiger partial charge in [-0.25, -0.2) is 14.8 Å². The van der Waals surface area contributed by atoms with Crippen LogP contribution in [-0.2, 0) is 10.0 Å². The third-order valence-corrected chi connectivity index (χ3v) is 3.98. The minimum Gasteiger partial charge on any atom is -0.493 e. The molecule has 0 fully saturated rings. The largest absolute Gasteiger partial charge is 0.493 e. The number of H-pyrrole nitrogens is 1. The number of sulfonamides is 1. The summed E-state index contributed by atoms with van der Waals surface area (Å²) in [7, 11) is -0.0720. The number of aromatic nitrogens is 3. The van der Waals surface area contributed by atoms with Crippen LogP contribution in [0.4, 0.5) is 0 Å². The van der Waals surface area contributed by atoms with Gasteiger partial charge in [0.1, 0.15) is 6.33 Å². The monoisotopic (exact) mass is 342 g/mol. The Bertz CT molecular complexity index is 803. The second-order valence-corrected chi connectivity index (χ2v) is 5.70. The highest BCUT2D eigenvalue weighted by Crippen LogP contribution is 2.39. The minimum absolute atomic E-state index is 0.0390. The van der Waals surface area contributed by atoms with Crippen molar-refractivity contribution >= 4 is 15.9 Å². The molecule has 0 bridgehead atoms. The molecule has 124 valence electrons. The summed E-state index contributed by atoms with van der Waals surface area (Å²) >= 11 is 0. The number of benzene rings is 1. The van der Waals surface area contributed by atoms with Crippen molar-refractivity contribution in [3.8, 4) is 17.2 Å². The van der Waals surface area contributed by atoms with Gasteiger partial charge in [-0.2, -0.15) is 13.5 Å². The zero-order chi connectivity index (χ0) is 17.0. The molecule has 11 heteroatoms. The number of nitrogens with zero attached hydrogens (tertiary/aromatic N) is 2. The average Bonchev–Trinajstić information content (AvgIpc) is 3.08. The Kier molecular flexibility index (Phi) is 4.69. The molecule has 0 aliphatic carbocycles. The van der Waals surface area contributed by atoms with Crippen LogP contribution >= 0.6 is 0 Å². The average molecular weight is 342 g/mol. The molecule has 0 aliphatic heterocycles. The number of methoxy groups -OCH3 is 3. The van der Waals surface area contributed by atoms with Crippen molar-refractivity contribution in [2.24, 2.45) is 0 Å². The first-order valence-corrected chi connectivity index (χ1v) is 7.64. The van der Waals surface area contributed by atoms with Gasteiger partial charge in [0, 0.05) is 0 Å². The summed E-state index contributed by atoms with van der Waals surface area (Å²) in [6.45, 7) is 0. The second kappa shape index (κ2) is 6.52. The SMILES string of the molecule is COc1ccc(C(=O)NS(=O)(=O)c2ncn[nH]2)c(OC)c1OC. The van der Waals surface area contributed by atoms with E-state index in [1.165, 1.54) is 33.5 Å². The minimum atomic E-state index is -4.18. The molecule has 1 aromatic heterocycles. The Morgan fingerprint density at radius 2 is 1.83 bits per heavy atom. The van der Waals surface area contributed by atoms with E-state index in [0.717, 1.165) is 6.33 Å². The Labute approximate surface area is 131 Å². The van der Waals surface area contributed by atoms with Gasteiger partial charge >= 0.3 is 0 Å². The number of nitrogens with one attached hydrogen (secondary N) is 2. The van der Waals surface area contributed by atoms with Crippen molar-refractivity contribution in [3.63, 3.8) is 0 Å². The van der Waals surface area contributed by atoms with Crippen molar-refractivity contribution in [1.82, 2.24) is 19.9 Å².